The molecule has 0 aliphatic carbocycles. The molecule has 2 unspecified atom stereocenters. The molecule has 0 amide bonds. The van der Waals surface area contributed by atoms with E-state index in [0.717, 1.165) is 30.3 Å². The third-order valence-electron chi connectivity index (χ3n) is 6.73. The number of rotatable bonds is 4. The number of nitrogens with two attached hydrogens (primary N) is 1. The maximum Gasteiger partial charge on any atom is 0.502 e. The molecule has 0 aromatic carbocycles. The summed E-state index contributed by atoms with van der Waals surface area (Å²) in [5, 5.41) is 0. The van der Waals surface area contributed by atoms with Crippen molar-refractivity contribution in [3.05, 3.63) is 45.8 Å². The van der Waals surface area contributed by atoms with Gasteiger partial charge in [-0.1, -0.05) is 0 Å². The van der Waals surface area contributed by atoms with Crippen LogP contribution in [0.15, 0.2) is 34.5 Å². The lowest BCUT2D eigenvalue weighted by Gasteiger charge is -2.26. The van der Waals surface area contributed by atoms with Gasteiger partial charge in [-0.05, 0) is 0 Å². The van der Waals surface area contributed by atoms with Crippen molar-refractivity contribution < 1.29 is 55.0 Å². The molecule has 6 heterocycles. The van der Waals surface area contributed by atoms with Gasteiger partial charge in [0.2, 0.25) is 0 Å². The summed E-state index contributed by atoms with van der Waals surface area (Å²) in [6.07, 6.45) is -10.6. The Balaban J connectivity index is 1.32. The van der Waals surface area contributed by atoms with Gasteiger partial charge in [-0.15, -0.1) is 4.67 Å². The summed E-state index contributed by atoms with van der Waals surface area (Å²) >= 11 is 0. The van der Waals surface area contributed by atoms with E-state index in [4.69, 9.17) is 38.0 Å². The highest BCUT2D eigenvalue weighted by molar-refractivity contribution is 7.48. The smallest absolute Gasteiger partial charge is 0.382 e. The number of fused-ring (bicyclic) bond motifs is 4. The minimum absolute atomic E-state index is 0.0259. The number of nitrogens with zero attached hydrogens (tertiary/aromatic N) is 5. The Labute approximate surface area is 238 Å². The number of ether oxygens (including phenoxy) is 2. The van der Waals surface area contributed by atoms with Gasteiger partial charge in [0.05, 0.1) is 26.7 Å². The number of phosphoric acid groups is 1. The van der Waals surface area contributed by atoms with Crippen molar-refractivity contribution in [1.29, 1.82) is 0 Å². The van der Waals surface area contributed by atoms with Crippen molar-refractivity contribution in [3.8, 4) is 0 Å². The van der Waals surface area contributed by atoms with E-state index in [1.54, 1.807) is 0 Å². The van der Waals surface area contributed by atoms with Crippen LogP contribution in [-0.2, 0) is 46.3 Å². The molecule has 234 valence electrons. The molecule has 3 aliphatic rings. The zero-order valence-electron chi connectivity index (χ0n) is 21.8. The summed E-state index contributed by atoms with van der Waals surface area (Å²) in [4.78, 5) is 42.4. The lowest BCUT2D eigenvalue weighted by Crippen LogP contribution is -2.38. The maximum atomic E-state index is 15.9. The van der Waals surface area contributed by atoms with Gasteiger partial charge in [-0.2, -0.15) is 0 Å². The van der Waals surface area contributed by atoms with Gasteiger partial charge in [0.25, 0.3) is 5.56 Å². The number of phosphoric ester groups is 1. The highest BCUT2D eigenvalue weighted by atomic mass is 31.2. The molecule has 19 nitrogen and oxygen atoms in total. The van der Waals surface area contributed by atoms with Crippen LogP contribution in [0, 0.1) is 0 Å². The first-order valence-electron chi connectivity index (χ1n) is 12.4. The SMILES string of the molecule is COOP1(=O)OC[C@H]2O[C@@H](n3cnc4c(N)ncnc43)[C@H](F)[C@@H]2O[PH](=O)OC[C@H]2O[C@@H](n3ccc(=O)[nH]c3=O)[C@H](O1)[C@@H]2F. The monoisotopic (exact) mass is 653 g/mol. The van der Waals surface area contributed by atoms with E-state index in [2.05, 4.69) is 19.8 Å². The van der Waals surface area contributed by atoms with Crippen molar-refractivity contribution in [2.45, 2.75) is 49.2 Å². The number of aromatic nitrogens is 6. The average Bonchev–Trinajstić information content (AvgIpc) is 3.61. The van der Waals surface area contributed by atoms with Crippen molar-refractivity contribution in [1.82, 2.24) is 29.1 Å². The van der Waals surface area contributed by atoms with Crippen molar-refractivity contribution in [2.24, 2.45) is 0 Å². The number of halogens is 2. The van der Waals surface area contributed by atoms with Crippen LogP contribution in [0.5, 0.6) is 0 Å². The van der Waals surface area contributed by atoms with Gasteiger partial charge in [0.15, 0.2) is 36.3 Å². The number of hydrogen-bond acceptors (Lipinski definition) is 16. The van der Waals surface area contributed by atoms with Crippen LogP contribution in [0.1, 0.15) is 12.5 Å². The van der Waals surface area contributed by atoms with Crippen molar-refractivity contribution in [3.63, 3.8) is 0 Å². The molecule has 3 fully saturated rings. The summed E-state index contributed by atoms with van der Waals surface area (Å²) in [6.45, 7) is -1.52. The zero-order chi connectivity index (χ0) is 30.5. The number of nitrogen functional groups attached to an aromatic ring is 1. The van der Waals surface area contributed by atoms with Gasteiger partial charge < -0.3 is 24.3 Å². The Hall–Kier alpha value is -2.97. The molecule has 3 aliphatic heterocycles. The Bertz CT molecular complexity index is 1690. The van der Waals surface area contributed by atoms with Crippen molar-refractivity contribution >= 4 is 33.1 Å². The lowest BCUT2D eigenvalue weighted by atomic mass is 10.1. The molecular weight excluding hydrogens is 630 g/mol. The number of hydrogen-bond donors (Lipinski definition) is 2. The van der Waals surface area contributed by atoms with Gasteiger partial charge in [0.1, 0.15) is 36.3 Å². The topological polar surface area (TPSA) is 232 Å². The quantitative estimate of drug-likeness (QED) is 0.219. The fourth-order valence-electron chi connectivity index (χ4n) is 4.81. The fraction of sp³-hybridized carbons (Fsp3) is 0.550. The Morgan fingerprint density at radius 1 is 1.09 bits per heavy atom. The molecule has 10 atom stereocenters. The minimum Gasteiger partial charge on any atom is -0.382 e. The lowest BCUT2D eigenvalue weighted by molar-refractivity contribution is -0.208. The molecule has 3 saturated heterocycles. The van der Waals surface area contributed by atoms with Crippen LogP contribution in [-0.4, -0.2) is 86.2 Å². The van der Waals surface area contributed by atoms with E-state index in [-0.39, 0.29) is 17.0 Å². The summed E-state index contributed by atoms with van der Waals surface area (Å²) in [5.74, 6) is 0.0259. The standard InChI is InChI=1S/C20H23F2N7O12P2/c1-34-41-43(33)36-5-9-14(12(22)18(38-9)29-7-26-13-16(23)24-6-25-17(13)29)39-42(32)35-4-8-11(21)15(40-43)19(37-8)28-3-2-10(30)27-20(28)31/h2-3,6-9,11-12,14-15,18-19,42H,4-5H2,1H3,(H2,23,24,25)(H,27,30,31)/t8-,9-,11-,12-,14-,15-,18-,19-,43?/m1/s1. The predicted molar refractivity (Wildman–Crippen MR) is 135 cm³/mol. The number of aromatic amines is 1. The number of imidazole rings is 1. The van der Waals surface area contributed by atoms with E-state index >= 15 is 8.78 Å². The molecule has 3 aromatic heterocycles. The highest BCUT2D eigenvalue weighted by Gasteiger charge is 2.54. The molecule has 43 heavy (non-hydrogen) atoms. The zero-order valence-corrected chi connectivity index (χ0v) is 23.7. The second kappa shape index (κ2) is 11.8. The van der Waals surface area contributed by atoms with E-state index in [0.29, 0.717) is 0 Å². The molecule has 2 bridgehead atoms. The van der Waals surface area contributed by atoms with Crippen molar-refractivity contribution in [2.75, 3.05) is 26.1 Å². The van der Waals surface area contributed by atoms with Gasteiger partial charge in [-0.3, -0.25) is 32.5 Å². The number of H-pyrrole nitrogens is 1. The second-order valence-corrected chi connectivity index (χ2v) is 11.9. The first-order valence-corrected chi connectivity index (χ1v) is 15.1. The molecule has 3 aromatic rings. The van der Waals surface area contributed by atoms with Crippen LogP contribution in [0.2, 0.25) is 0 Å². The Morgan fingerprint density at radius 3 is 2.65 bits per heavy atom. The molecule has 23 heteroatoms. The van der Waals surface area contributed by atoms with E-state index in [1.165, 1.54) is 10.9 Å². The normalized spacial score (nSPS) is 37.0. The van der Waals surface area contributed by atoms with Crippen LogP contribution in [0.4, 0.5) is 14.6 Å². The molecular formula is C20H23F2N7O12P2. The summed E-state index contributed by atoms with van der Waals surface area (Å²) in [6, 6.07) is 0.955. The van der Waals surface area contributed by atoms with Crippen LogP contribution in [0.3, 0.4) is 0 Å². The van der Waals surface area contributed by atoms with Crippen LogP contribution >= 0.6 is 16.1 Å². The summed E-state index contributed by atoms with van der Waals surface area (Å²) in [7, 11) is -7.51. The Kier molecular flexibility index (Phi) is 8.28. The van der Waals surface area contributed by atoms with Gasteiger partial charge >= 0.3 is 21.8 Å². The number of anilines is 1. The molecule has 0 spiro atoms. The molecule has 0 saturated carbocycles. The number of alkyl halides is 2. The minimum atomic E-state index is -4.91. The summed E-state index contributed by atoms with van der Waals surface area (Å²) in [5.41, 5.74) is 4.32. The first kappa shape index (κ1) is 30.1. The van der Waals surface area contributed by atoms with Gasteiger partial charge in [-0.25, -0.2) is 38.0 Å². The highest BCUT2D eigenvalue weighted by Crippen LogP contribution is 2.55. The fourth-order valence-corrected chi connectivity index (χ4v) is 6.85. The first-order chi connectivity index (χ1) is 20.6. The third-order valence-corrected chi connectivity index (χ3v) is 8.89. The molecule has 0 radical (unpaired) electrons. The number of nitrogens with one attached hydrogen (secondary N) is 1. The van der Waals surface area contributed by atoms with E-state index in [9.17, 15) is 18.7 Å². The van der Waals surface area contributed by atoms with Crippen LogP contribution < -0.4 is 17.0 Å². The predicted octanol–water partition coefficient (Wildman–Crippen LogP) is 0.323. The van der Waals surface area contributed by atoms with Crippen LogP contribution in [0.25, 0.3) is 11.2 Å². The summed E-state index contributed by atoms with van der Waals surface area (Å²) < 4.78 is 97.1. The molecule has 3 N–H and O–H groups in total. The van der Waals surface area contributed by atoms with Gasteiger partial charge in [0, 0.05) is 12.3 Å². The third kappa shape index (κ3) is 5.68. The Morgan fingerprint density at radius 2 is 1.88 bits per heavy atom. The molecule has 6 rings (SSSR count). The van der Waals surface area contributed by atoms with E-state index < -0.39 is 89.8 Å². The van der Waals surface area contributed by atoms with E-state index in [1.807, 2.05) is 4.98 Å². The average molecular weight is 653 g/mol. The maximum absolute atomic E-state index is 15.9. The second-order valence-electron chi connectivity index (χ2n) is 9.32. The largest absolute Gasteiger partial charge is 0.502 e.